The van der Waals surface area contributed by atoms with Crippen molar-refractivity contribution in [3.63, 3.8) is 0 Å². The van der Waals surface area contributed by atoms with Gasteiger partial charge in [-0.3, -0.25) is 5.84 Å². The fourth-order valence-corrected chi connectivity index (χ4v) is 2.74. The van der Waals surface area contributed by atoms with Crippen LogP contribution in [-0.2, 0) is 0 Å². The molecule has 0 bridgehead atoms. The number of fused-ring (bicyclic) bond motifs is 1. The average Bonchev–Trinajstić information content (AvgIpc) is 2.89. The summed E-state index contributed by atoms with van der Waals surface area (Å²) < 4.78 is 20.1. The van der Waals surface area contributed by atoms with Crippen LogP contribution in [0.2, 0.25) is 5.02 Å². The highest BCUT2D eigenvalue weighted by atomic mass is 79.9. The number of halogens is 3. The van der Waals surface area contributed by atoms with Crippen LogP contribution >= 0.6 is 27.5 Å². The molecule has 0 saturated carbocycles. The summed E-state index contributed by atoms with van der Waals surface area (Å²) in [4.78, 5) is 0. The van der Waals surface area contributed by atoms with Crippen molar-refractivity contribution in [2.45, 2.75) is 6.04 Å². The van der Waals surface area contributed by atoms with Gasteiger partial charge in [-0.1, -0.05) is 29.8 Å². The number of hydrogen-bond acceptors (Lipinski definition) is 3. The molecule has 1 heterocycles. The molecule has 0 aliphatic carbocycles. The Balaban J connectivity index is 2.09. The molecular formula is C15H11BrClFN2O. The third-order valence-electron chi connectivity index (χ3n) is 3.24. The minimum absolute atomic E-state index is 0.223. The summed E-state index contributed by atoms with van der Waals surface area (Å²) in [5.41, 5.74) is 3.76. The van der Waals surface area contributed by atoms with E-state index < -0.39 is 11.9 Å². The highest BCUT2D eigenvalue weighted by molar-refractivity contribution is 9.10. The highest BCUT2D eigenvalue weighted by Crippen LogP contribution is 2.32. The maximum atomic E-state index is 13.7. The topological polar surface area (TPSA) is 51.2 Å². The van der Waals surface area contributed by atoms with Crippen LogP contribution in [-0.4, -0.2) is 0 Å². The number of hydrogen-bond donors (Lipinski definition) is 2. The molecule has 0 spiro atoms. The summed E-state index contributed by atoms with van der Waals surface area (Å²) in [5.74, 6) is 5.77. The van der Waals surface area contributed by atoms with Crippen molar-refractivity contribution in [1.82, 2.24) is 5.43 Å². The second-order valence-electron chi connectivity index (χ2n) is 4.58. The molecule has 6 heteroatoms. The van der Waals surface area contributed by atoms with Crippen molar-refractivity contribution >= 4 is 38.5 Å². The van der Waals surface area contributed by atoms with Gasteiger partial charge in [-0.2, -0.15) is 0 Å². The largest absolute Gasteiger partial charge is 0.456 e. The third kappa shape index (κ3) is 2.70. The van der Waals surface area contributed by atoms with Crippen LogP contribution in [0, 0.1) is 5.82 Å². The monoisotopic (exact) mass is 368 g/mol. The average molecular weight is 370 g/mol. The molecule has 2 aromatic carbocycles. The Morgan fingerprint density at radius 1 is 1.24 bits per heavy atom. The molecule has 1 aromatic heterocycles. The SMILES string of the molecule is NNC(c1ccc(Cl)c(Br)c1)c1cc2cccc(F)c2o1. The molecule has 0 aliphatic rings. The Labute approximate surface area is 134 Å². The molecule has 0 fully saturated rings. The summed E-state index contributed by atoms with van der Waals surface area (Å²) >= 11 is 9.36. The summed E-state index contributed by atoms with van der Waals surface area (Å²) in [6, 6.07) is 11.6. The summed E-state index contributed by atoms with van der Waals surface area (Å²) in [6.45, 7) is 0. The predicted octanol–water partition coefficient (Wildman–Crippen LogP) is 4.54. The van der Waals surface area contributed by atoms with Crippen LogP contribution in [0.5, 0.6) is 0 Å². The van der Waals surface area contributed by atoms with Gasteiger partial charge < -0.3 is 4.42 Å². The lowest BCUT2D eigenvalue weighted by Crippen LogP contribution is -2.28. The van der Waals surface area contributed by atoms with Gasteiger partial charge in [0, 0.05) is 9.86 Å². The molecule has 3 aromatic rings. The van der Waals surface area contributed by atoms with Crippen molar-refractivity contribution in [2.75, 3.05) is 0 Å². The quantitative estimate of drug-likeness (QED) is 0.526. The first-order chi connectivity index (χ1) is 10.1. The van der Waals surface area contributed by atoms with E-state index in [-0.39, 0.29) is 5.58 Å². The molecule has 0 radical (unpaired) electrons. The van der Waals surface area contributed by atoms with E-state index >= 15 is 0 Å². The van der Waals surface area contributed by atoms with Gasteiger partial charge in [0.15, 0.2) is 11.4 Å². The van der Waals surface area contributed by atoms with Crippen LogP contribution in [0.15, 0.2) is 51.4 Å². The van der Waals surface area contributed by atoms with E-state index in [0.717, 1.165) is 10.0 Å². The second kappa shape index (κ2) is 5.77. The lowest BCUT2D eigenvalue weighted by molar-refractivity contribution is 0.465. The second-order valence-corrected chi connectivity index (χ2v) is 5.84. The lowest BCUT2D eigenvalue weighted by atomic mass is 10.1. The molecule has 1 atom stereocenters. The minimum atomic E-state index is -0.398. The number of nitrogens with one attached hydrogen (secondary N) is 1. The number of benzene rings is 2. The molecule has 0 aliphatic heterocycles. The van der Waals surface area contributed by atoms with Gasteiger partial charge in [-0.25, -0.2) is 9.82 Å². The Hall–Kier alpha value is -1.40. The smallest absolute Gasteiger partial charge is 0.169 e. The first-order valence-electron chi connectivity index (χ1n) is 6.19. The third-order valence-corrected chi connectivity index (χ3v) is 4.46. The van der Waals surface area contributed by atoms with Gasteiger partial charge in [0.05, 0.1) is 5.02 Å². The van der Waals surface area contributed by atoms with E-state index in [1.54, 1.807) is 24.3 Å². The number of nitrogens with two attached hydrogens (primary N) is 1. The summed E-state index contributed by atoms with van der Waals surface area (Å²) in [7, 11) is 0. The van der Waals surface area contributed by atoms with Gasteiger partial charge in [0.1, 0.15) is 11.8 Å². The van der Waals surface area contributed by atoms with Crippen molar-refractivity contribution in [2.24, 2.45) is 5.84 Å². The van der Waals surface area contributed by atoms with Crippen LogP contribution in [0.25, 0.3) is 11.0 Å². The van der Waals surface area contributed by atoms with Crippen LogP contribution in [0.1, 0.15) is 17.4 Å². The van der Waals surface area contributed by atoms with Gasteiger partial charge in [-0.05, 0) is 45.8 Å². The van der Waals surface area contributed by atoms with Gasteiger partial charge in [-0.15, -0.1) is 0 Å². The summed E-state index contributed by atoms with van der Waals surface area (Å²) in [5, 5.41) is 1.29. The van der Waals surface area contributed by atoms with Crippen molar-refractivity contribution in [1.29, 1.82) is 0 Å². The van der Waals surface area contributed by atoms with Crippen molar-refractivity contribution < 1.29 is 8.81 Å². The zero-order valence-electron chi connectivity index (χ0n) is 10.7. The number of furan rings is 1. The first-order valence-corrected chi connectivity index (χ1v) is 7.36. The molecule has 3 nitrogen and oxygen atoms in total. The van der Waals surface area contributed by atoms with Crippen LogP contribution in [0.4, 0.5) is 4.39 Å². The Bertz CT molecular complexity index is 805. The summed E-state index contributed by atoms with van der Waals surface area (Å²) in [6.07, 6.45) is 0. The maximum Gasteiger partial charge on any atom is 0.169 e. The predicted molar refractivity (Wildman–Crippen MR) is 84.5 cm³/mol. The van der Waals surface area contributed by atoms with E-state index in [9.17, 15) is 4.39 Å². The zero-order chi connectivity index (χ0) is 15.0. The lowest BCUT2D eigenvalue weighted by Gasteiger charge is -2.14. The van der Waals surface area contributed by atoms with E-state index in [1.807, 2.05) is 12.1 Å². The number of rotatable bonds is 3. The molecular weight excluding hydrogens is 359 g/mol. The van der Waals surface area contributed by atoms with E-state index in [2.05, 4.69) is 21.4 Å². The maximum absolute atomic E-state index is 13.7. The molecule has 0 amide bonds. The van der Waals surface area contributed by atoms with Crippen molar-refractivity contribution in [3.8, 4) is 0 Å². The molecule has 3 rings (SSSR count). The Morgan fingerprint density at radius 2 is 2.05 bits per heavy atom. The van der Waals surface area contributed by atoms with E-state index in [0.29, 0.717) is 16.2 Å². The van der Waals surface area contributed by atoms with E-state index in [4.69, 9.17) is 21.9 Å². The number of hydrazine groups is 1. The fourth-order valence-electron chi connectivity index (χ4n) is 2.22. The molecule has 21 heavy (non-hydrogen) atoms. The van der Waals surface area contributed by atoms with Crippen LogP contribution in [0.3, 0.4) is 0 Å². The minimum Gasteiger partial charge on any atom is -0.456 e. The Morgan fingerprint density at radius 3 is 2.71 bits per heavy atom. The normalized spacial score (nSPS) is 12.8. The van der Waals surface area contributed by atoms with Crippen molar-refractivity contribution in [3.05, 3.63) is 69.1 Å². The fraction of sp³-hybridized carbons (Fsp3) is 0.0667. The molecule has 108 valence electrons. The standard InChI is InChI=1S/C15H11BrClFN2O/c16-10-6-8(4-5-11(10)17)14(20-19)13-7-9-2-1-3-12(18)15(9)21-13/h1-7,14,20H,19H2. The van der Waals surface area contributed by atoms with Gasteiger partial charge in [0.25, 0.3) is 0 Å². The van der Waals surface area contributed by atoms with Gasteiger partial charge >= 0.3 is 0 Å². The zero-order valence-corrected chi connectivity index (χ0v) is 13.1. The molecule has 3 N–H and O–H groups in total. The van der Waals surface area contributed by atoms with Gasteiger partial charge in [0.2, 0.25) is 0 Å². The first kappa shape index (κ1) is 14.5. The Kier molecular flexibility index (Phi) is 3.99. The van der Waals surface area contributed by atoms with E-state index in [1.165, 1.54) is 6.07 Å². The van der Waals surface area contributed by atoms with Crippen LogP contribution < -0.4 is 11.3 Å². The number of para-hydroxylation sites is 1. The molecule has 0 saturated heterocycles. The highest BCUT2D eigenvalue weighted by Gasteiger charge is 2.19. The molecule has 1 unspecified atom stereocenters.